The van der Waals surface area contributed by atoms with E-state index in [1.165, 1.54) is 0 Å². The molecule has 1 amide bonds. The minimum atomic E-state index is -0.173. The van der Waals surface area contributed by atoms with Gasteiger partial charge in [0.15, 0.2) is 0 Å². The zero-order chi connectivity index (χ0) is 19.4. The number of benzene rings is 1. The van der Waals surface area contributed by atoms with Crippen molar-refractivity contribution in [2.45, 2.75) is 39.7 Å². The van der Waals surface area contributed by atoms with E-state index in [-0.39, 0.29) is 5.91 Å². The largest absolute Gasteiger partial charge is 0.496 e. The average Bonchev–Trinajstić information content (AvgIpc) is 3.27. The van der Waals surface area contributed by atoms with Crippen molar-refractivity contribution in [1.29, 1.82) is 0 Å². The number of aromatic nitrogens is 2. The number of hydrogen-bond acceptors (Lipinski definition) is 4. The molecule has 2 aromatic rings. The van der Waals surface area contributed by atoms with Crippen LogP contribution in [0.15, 0.2) is 30.3 Å². The maximum atomic E-state index is 12.5. The molecule has 1 unspecified atom stereocenters. The lowest BCUT2D eigenvalue weighted by Gasteiger charge is -2.26. The molecule has 0 saturated carbocycles. The molecule has 0 spiro atoms. The Kier molecular flexibility index (Phi) is 5.85. The van der Waals surface area contributed by atoms with Gasteiger partial charge in [-0.1, -0.05) is 39.0 Å². The predicted octanol–water partition coefficient (Wildman–Crippen LogP) is 3.18. The molecule has 1 aromatic heterocycles. The van der Waals surface area contributed by atoms with Gasteiger partial charge in [0, 0.05) is 36.8 Å². The summed E-state index contributed by atoms with van der Waals surface area (Å²) in [5.74, 6) is 1.01. The molecule has 146 valence electrons. The number of aromatic amines is 1. The van der Waals surface area contributed by atoms with Gasteiger partial charge < -0.3 is 15.0 Å². The van der Waals surface area contributed by atoms with Gasteiger partial charge in [-0.25, -0.2) is 0 Å². The fourth-order valence-corrected chi connectivity index (χ4v) is 3.68. The van der Waals surface area contributed by atoms with E-state index in [1.807, 2.05) is 30.3 Å². The van der Waals surface area contributed by atoms with Gasteiger partial charge in [-0.3, -0.25) is 9.89 Å². The summed E-state index contributed by atoms with van der Waals surface area (Å²) >= 11 is 0. The molecule has 6 nitrogen and oxygen atoms in total. The Morgan fingerprint density at radius 1 is 1.37 bits per heavy atom. The van der Waals surface area contributed by atoms with E-state index in [1.54, 1.807) is 7.11 Å². The van der Waals surface area contributed by atoms with E-state index in [9.17, 15) is 4.79 Å². The normalized spacial score (nSPS) is 17.9. The van der Waals surface area contributed by atoms with Crippen LogP contribution in [0, 0.1) is 5.41 Å². The first-order chi connectivity index (χ1) is 12.9. The van der Waals surface area contributed by atoms with E-state index in [4.69, 9.17) is 4.74 Å². The number of hydrogen-bond donors (Lipinski definition) is 2. The maximum Gasteiger partial charge on any atom is 0.272 e. The fraction of sp³-hybridized carbons (Fsp3) is 0.524. The average molecular weight is 370 g/mol. The third-order valence-electron chi connectivity index (χ3n) is 4.87. The summed E-state index contributed by atoms with van der Waals surface area (Å²) in [5, 5.41) is 10.2. The van der Waals surface area contributed by atoms with Crippen LogP contribution in [0.4, 0.5) is 0 Å². The molecule has 2 N–H and O–H groups in total. The van der Waals surface area contributed by atoms with Crippen LogP contribution in [0.25, 0.3) is 0 Å². The lowest BCUT2D eigenvalue weighted by Crippen LogP contribution is -2.30. The van der Waals surface area contributed by atoms with Gasteiger partial charge in [-0.15, -0.1) is 0 Å². The lowest BCUT2D eigenvalue weighted by atomic mass is 9.96. The third kappa shape index (κ3) is 5.10. The molecule has 1 aromatic carbocycles. The molecule has 0 bridgehead atoms. The van der Waals surface area contributed by atoms with E-state index >= 15 is 0 Å². The van der Waals surface area contributed by atoms with Crippen LogP contribution in [-0.4, -0.2) is 47.7 Å². The predicted molar refractivity (Wildman–Crippen MR) is 106 cm³/mol. The van der Waals surface area contributed by atoms with Crippen molar-refractivity contribution in [3.05, 3.63) is 47.3 Å². The van der Waals surface area contributed by atoms with Gasteiger partial charge >= 0.3 is 0 Å². The number of amides is 1. The van der Waals surface area contributed by atoms with E-state index in [0.29, 0.717) is 23.6 Å². The third-order valence-corrected chi connectivity index (χ3v) is 4.87. The van der Waals surface area contributed by atoms with Gasteiger partial charge in [0.25, 0.3) is 5.91 Å². The van der Waals surface area contributed by atoms with Crippen LogP contribution in [0.2, 0.25) is 0 Å². The van der Waals surface area contributed by atoms with Crippen LogP contribution >= 0.6 is 0 Å². The molecule has 6 heteroatoms. The van der Waals surface area contributed by atoms with E-state index < -0.39 is 0 Å². The lowest BCUT2D eigenvalue weighted by molar-refractivity contribution is 0.0945. The molecular weight excluding hydrogens is 340 g/mol. The van der Waals surface area contributed by atoms with Crippen molar-refractivity contribution in [3.63, 3.8) is 0 Å². The highest BCUT2D eigenvalue weighted by Gasteiger charge is 2.28. The van der Waals surface area contributed by atoms with Crippen LogP contribution < -0.4 is 10.1 Å². The topological polar surface area (TPSA) is 70.2 Å². The zero-order valence-electron chi connectivity index (χ0n) is 16.7. The van der Waals surface area contributed by atoms with Gasteiger partial charge in [0.1, 0.15) is 11.4 Å². The number of ether oxygens (including phenoxy) is 1. The molecular formula is C21H30N4O2. The van der Waals surface area contributed by atoms with Crippen molar-refractivity contribution in [2.75, 3.05) is 26.7 Å². The fourth-order valence-electron chi connectivity index (χ4n) is 3.68. The summed E-state index contributed by atoms with van der Waals surface area (Å²) in [5.41, 5.74) is 2.73. The molecule has 27 heavy (non-hydrogen) atoms. The smallest absolute Gasteiger partial charge is 0.272 e. The Hall–Kier alpha value is -2.34. The number of methoxy groups -OCH3 is 1. The van der Waals surface area contributed by atoms with Crippen LogP contribution in [0.1, 0.15) is 54.9 Å². The maximum absolute atomic E-state index is 12.5. The summed E-state index contributed by atoms with van der Waals surface area (Å²) in [7, 11) is 1.63. The summed E-state index contributed by atoms with van der Waals surface area (Å²) in [6.07, 6.45) is 1.10. The van der Waals surface area contributed by atoms with Gasteiger partial charge in [-0.05, 0) is 30.5 Å². The molecule has 1 aliphatic heterocycles. The number of carbonyl (C=O) groups excluding carboxylic acids is 1. The number of H-pyrrole nitrogens is 1. The SMILES string of the molecule is COc1ccccc1CNC(=O)c1cc(C2CCN(CC(C)(C)C)C2)[nH]n1. The molecule has 1 aliphatic rings. The Morgan fingerprint density at radius 3 is 2.89 bits per heavy atom. The Morgan fingerprint density at radius 2 is 2.15 bits per heavy atom. The number of carbonyl (C=O) groups is 1. The number of nitrogens with zero attached hydrogens (tertiary/aromatic N) is 2. The first kappa shape index (κ1) is 19.4. The molecule has 1 atom stereocenters. The Bertz CT molecular complexity index is 778. The van der Waals surface area contributed by atoms with Crippen molar-refractivity contribution < 1.29 is 9.53 Å². The second-order valence-electron chi connectivity index (χ2n) is 8.48. The summed E-state index contributed by atoms with van der Waals surface area (Å²) in [6, 6.07) is 9.56. The molecule has 3 rings (SSSR count). The van der Waals surface area contributed by atoms with Gasteiger partial charge in [0.2, 0.25) is 0 Å². The molecule has 1 saturated heterocycles. The Balaban J connectivity index is 1.57. The van der Waals surface area contributed by atoms with E-state index in [0.717, 1.165) is 43.1 Å². The molecule has 1 fully saturated rings. The molecule has 0 aliphatic carbocycles. The monoisotopic (exact) mass is 370 g/mol. The number of likely N-dealkylation sites (tertiary alicyclic amines) is 1. The quantitative estimate of drug-likeness (QED) is 0.819. The minimum Gasteiger partial charge on any atom is -0.496 e. The number of para-hydroxylation sites is 1. The minimum absolute atomic E-state index is 0.173. The first-order valence-electron chi connectivity index (χ1n) is 9.53. The van der Waals surface area contributed by atoms with Gasteiger partial charge in [-0.2, -0.15) is 5.10 Å². The van der Waals surface area contributed by atoms with Crippen LogP contribution in [0.3, 0.4) is 0 Å². The van der Waals surface area contributed by atoms with Crippen molar-refractivity contribution >= 4 is 5.91 Å². The Labute approximate surface area is 161 Å². The second-order valence-corrected chi connectivity index (χ2v) is 8.48. The summed E-state index contributed by atoms with van der Waals surface area (Å²) in [4.78, 5) is 14.9. The van der Waals surface area contributed by atoms with Gasteiger partial charge in [0.05, 0.1) is 7.11 Å². The van der Waals surface area contributed by atoms with Crippen molar-refractivity contribution in [2.24, 2.45) is 5.41 Å². The van der Waals surface area contributed by atoms with Crippen molar-refractivity contribution in [3.8, 4) is 5.75 Å². The summed E-state index contributed by atoms with van der Waals surface area (Å²) in [6.45, 7) is 10.4. The van der Waals surface area contributed by atoms with Crippen LogP contribution in [-0.2, 0) is 6.54 Å². The second kappa shape index (κ2) is 8.13. The standard InChI is InChI=1S/C21H30N4O2/c1-21(2,3)14-25-10-9-16(13-25)17-11-18(24-23-17)20(26)22-12-15-7-5-6-8-19(15)27-4/h5-8,11,16H,9-10,12-14H2,1-4H3,(H,22,26)(H,23,24). The highest BCUT2D eigenvalue weighted by atomic mass is 16.5. The first-order valence-corrected chi connectivity index (χ1v) is 9.53. The highest BCUT2D eigenvalue weighted by Crippen LogP contribution is 2.28. The molecule has 2 heterocycles. The van der Waals surface area contributed by atoms with Crippen molar-refractivity contribution in [1.82, 2.24) is 20.4 Å². The van der Waals surface area contributed by atoms with Crippen LogP contribution in [0.5, 0.6) is 5.75 Å². The highest BCUT2D eigenvalue weighted by molar-refractivity contribution is 5.92. The van der Waals surface area contributed by atoms with E-state index in [2.05, 4.69) is 41.2 Å². The number of rotatable bonds is 6. The summed E-state index contributed by atoms with van der Waals surface area (Å²) < 4.78 is 5.32. The number of nitrogens with one attached hydrogen (secondary N) is 2. The zero-order valence-corrected chi connectivity index (χ0v) is 16.7. The molecule has 0 radical (unpaired) electrons.